The van der Waals surface area contributed by atoms with Crippen LogP contribution in [0.15, 0.2) is 83.8 Å². The van der Waals surface area contributed by atoms with Crippen molar-refractivity contribution in [1.29, 1.82) is 0 Å². The van der Waals surface area contributed by atoms with Gasteiger partial charge in [-0.05, 0) is 73.1 Å². The Morgan fingerprint density at radius 2 is 1.62 bits per heavy atom. The fraction of sp³-hybridized carbons (Fsp3) is 0.375. The summed E-state index contributed by atoms with van der Waals surface area (Å²) in [4.78, 5) is 29.3. The second-order valence-electron chi connectivity index (χ2n) is 10.9. The van der Waals surface area contributed by atoms with Gasteiger partial charge in [-0.1, -0.05) is 54.6 Å². The monoisotopic (exact) mass is 593 g/mol. The van der Waals surface area contributed by atoms with Crippen LogP contribution in [-0.4, -0.2) is 50.4 Å². The zero-order valence-electron chi connectivity index (χ0n) is 23.4. The van der Waals surface area contributed by atoms with Crippen LogP contribution in [0.3, 0.4) is 0 Å². The van der Waals surface area contributed by atoms with Gasteiger partial charge in [0, 0.05) is 32.2 Å². The number of nitrogens with zero attached hydrogens (tertiary/aromatic N) is 1. The summed E-state index contributed by atoms with van der Waals surface area (Å²) in [5.41, 5.74) is 2.15. The van der Waals surface area contributed by atoms with Gasteiger partial charge in [0.2, 0.25) is 21.8 Å². The second-order valence-corrected chi connectivity index (χ2v) is 12.6. The summed E-state index contributed by atoms with van der Waals surface area (Å²) in [6.45, 7) is 1.13. The molecule has 0 bridgehead atoms. The van der Waals surface area contributed by atoms with Gasteiger partial charge in [0.25, 0.3) is 0 Å². The lowest BCUT2D eigenvalue weighted by molar-refractivity contribution is -0.141. The lowest BCUT2D eigenvalue weighted by Gasteiger charge is -2.32. The van der Waals surface area contributed by atoms with Crippen LogP contribution in [0.25, 0.3) is 0 Å². The molecular formula is C32H36FN3O5S. The first-order valence-electron chi connectivity index (χ1n) is 14.4. The van der Waals surface area contributed by atoms with Crippen LogP contribution >= 0.6 is 0 Å². The van der Waals surface area contributed by atoms with Gasteiger partial charge in [-0.3, -0.25) is 9.59 Å². The fourth-order valence-electron chi connectivity index (χ4n) is 5.05. The molecule has 2 amide bonds. The van der Waals surface area contributed by atoms with E-state index in [0.29, 0.717) is 30.7 Å². The topological polar surface area (TPSA) is 105 Å². The second kappa shape index (κ2) is 13.6. The Bertz CT molecular complexity index is 1460. The zero-order valence-corrected chi connectivity index (χ0v) is 24.2. The van der Waals surface area contributed by atoms with Gasteiger partial charge in [0.05, 0.1) is 11.0 Å². The zero-order chi connectivity index (χ0) is 29.5. The molecule has 1 saturated heterocycles. The molecular weight excluding hydrogens is 557 g/mol. The Kier molecular flexibility index (Phi) is 9.66. The average molecular weight is 594 g/mol. The number of aryl methyl sites for hydroxylation is 1. The molecule has 1 heterocycles. The van der Waals surface area contributed by atoms with Crippen molar-refractivity contribution in [2.75, 3.05) is 13.2 Å². The molecule has 0 radical (unpaired) electrons. The number of benzene rings is 3. The smallest absolute Gasteiger partial charge is 0.247 e. The average Bonchev–Trinajstić information content (AvgIpc) is 3.64. The minimum Gasteiger partial charge on any atom is -0.376 e. The Morgan fingerprint density at radius 1 is 0.929 bits per heavy atom. The fourth-order valence-corrected chi connectivity index (χ4v) is 6.36. The molecule has 5 rings (SSSR count). The molecule has 2 atom stereocenters. The number of hydrogen-bond acceptors (Lipinski definition) is 5. The van der Waals surface area contributed by atoms with E-state index in [4.69, 9.17) is 4.74 Å². The number of rotatable bonds is 13. The minimum absolute atomic E-state index is 0.0137. The van der Waals surface area contributed by atoms with Gasteiger partial charge in [0.15, 0.2) is 0 Å². The molecule has 3 aromatic rings. The first kappa shape index (κ1) is 29.9. The van der Waals surface area contributed by atoms with Gasteiger partial charge in [-0.15, -0.1) is 0 Å². The Hall–Kier alpha value is -3.60. The third kappa shape index (κ3) is 8.02. The lowest BCUT2D eigenvalue weighted by Crippen LogP contribution is -2.45. The molecule has 2 aliphatic rings. The van der Waals surface area contributed by atoms with Crippen LogP contribution in [0.4, 0.5) is 4.39 Å². The van der Waals surface area contributed by atoms with Gasteiger partial charge in [0.1, 0.15) is 11.9 Å². The van der Waals surface area contributed by atoms with Gasteiger partial charge < -0.3 is 15.0 Å². The molecule has 0 unspecified atom stereocenters. The Morgan fingerprint density at radius 3 is 2.26 bits per heavy atom. The van der Waals surface area contributed by atoms with Crippen LogP contribution in [0.1, 0.15) is 54.8 Å². The third-order valence-electron chi connectivity index (χ3n) is 7.55. The number of carbonyl (C=O) groups is 2. The lowest BCUT2D eigenvalue weighted by atomic mass is 10.0. The van der Waals surface area contributed by atoms with Crippen LogP contribution in [-0.2, 0) is 37.3 Å². The molecule has 10 heteroatoms. The summed E-state index contributed by atoms with van der Waals surface area (Å²) in [5, 5.41) is 2.98. The molecule has 0 aromatic heterocycles. The highest BCUT2D eigenvalue weighted by molar-refractivity contribution is 7.89. The van der Waals surface area contributed by atoms with Crippen molar-refractivity contribution in [3.8, 4) is 0 Å². The van der Waals surface area contributed by atoms with Crippen molar-refractivity contribution in [3.05, 3.63) is 101 Å². The molecule has 1 aliphatic heterocycles. The first-order chi connectivity index (χ1) is 20.3. The summed E-state index contributed by atoms with van der Waals surface area (Å²) in [7, 11) is -3.56. The standard InChI is InChI=1S/C32H36FN3O5S/c33-26-13-8-24(9-14-26)22-36(31(25-5-2-1-3-6-25)32(38)34-21-28-7-4-20-41-28)30(37)19-12-23-10-17-29(18-11-23)42(39,40)35-27-15-16-27/h1-3,5-6,8-11,13-14,17-18,27-28,31,35H,4,7,12,15-16,19-22H2,(H,34,38)/t28-,31-/m0/s1. The Labute approximate surface area is 246 Å². The maximum atomic E-state index is 13.9. The van der Waals surface area contributed by atoms with Crippen LogP contribution in [0.2, 0.25) is 0 Å². The largest absolute Gasteiger partial charge is 0.376 e. The van der Waals surface area contributed by atoms with E-state index in [1.54, 1.807) is 36.4 Å². The van der Waals surface area contributed by atoms with E-state index >= 15 is 0 Å². The number of amides is 2. The van der Waals surface area contributed by atoms with Gasteiger partial charge in [-0.2, -0.15) is 0 Å². The summed E-state index contributed by atoms with van der Waals surface area (Å²) < 4.78 is 47.0. The molecule has 0 spiro atoms. The Balaban J connectivity index is 1.35. The van der Waals surface area contributed by atoms with Crippen molar-refractivity contribution in [3.63, 3.8) is 0 Å². The summed E-state index contributed by atoms with van der Waals surface area (Å²) in [6.07, 6.45) is 3.91. The van der Waals surface area contributed by atoms with Crippen molar-refractivity contribution in [2.24, 2.45) is 0 Å². The summed E-state index contributed by atoms with van der Waals surface area (Å²) in [6, 6.07) is 20.6. The highest BCUT2D eigenvalue weighted by Gasteiger charge is 2.32. The predicted octanol–water partition coefficient (Wildman–Crippen LogP) is 4.26. The quantitative estimate of drug-likeness (QED) is 0.308. The van der Waals surface area contributed by atoms with E-state index < -0.39 is 16.1 Å². The van der Waals surface area contributed by atoms with E-state index in [2.05, 4.69) is 10.0 Å². The van der Waals surface area contributed by atoms with E-state index in [-0.39, 0.29) is 47.6 Å². The van der Waals surface area contributed by atoms with Crippen molar-refractivity contribution in [2.45, 2.75) is 68.2 Å². The first-order valence-corrected chi connectivity index (χ1v) is 15.9. The van der Waals surface area contributed by atoms with E-state index in [0.717, 1.165) is 31.2 Å². The predicted molar refractivity (Wildman–Crippen MR) is 156 cm³/mol. The SMILES string of the molecule is O=C(NC[C@@H]1CCCO1)[C@H](c1ccccc1)N(Cc1ccc(F)cc1)C(=O)CCc1ccc(S(=O)(=O)NC2CC2)cc1. The summed E-state index contributed by atoms with van der Waals surface area (Å²) >= 11 is 0. The molecule has 1 saturated carbocycles. The maximum absolute atomic E-state index is 13.9. The van der Waals surface area contributed by atoms with Gasteiger partial charge >= 0.3 is 0 Å². The normalized spacial score (nSPS) is 17.5. The van der Waals surface area contributed by atoms with Crippen molar-refractivity contribution >= 4 is 21.8 Å². The van der Waals surface area contributed by atoms with Crippen molar-refractivity contribution in [1.82, 2.24) is 14.9 Å². The highest BCUT2D eigenvalue weighted by Crippen LogP contribution is 2.26. The number of ether oxygens (including phenoxy) is 1. The number of carbonyl (C=O) groups excluding carboxylic acids is 2. The number of halogens is 1. The maximum Gasteiger partial charge on any atom is 0.247 e. The third-order valence-corrected chi connectivity index (χ3v) is 9.09. The molecule has 2 fully saturated rings. The van der Waals surface area contributed by atoms with E-state index in [9.17, 15) is 22.4 Å². The molecule has 42 heavy (non-hydrogen) atoms. The highest BCUT2D eigenvalue weighted by atomic mass is 32.2. The van der Waals surface area contributed by atoms with E-state index in [1.807, 2.05) is 30.3 Å². The molecule has 2 N–H and O–H groups in total. The molecule has 8 nitrogen and oxygen atoms in total. The van der Waals surface area contributed by atoms with Gasteiger partial charge in [-0.25, -0.2) is 17.5 Å². The van der Waals surface area contributed by atoms with Crippen LogP contribution in [0, 0.1) is 5.82 Å². The number of hydrogen-bond donors (Lipinski definition) is 2. The minimum atomic E-state index is -3.56. The number of nitrogens with one attached hydrogen (secondary N) is 2. The van der Waals surface area contributed by atoms with Crippen LogP contribution in [0.5, 0.6) is 0 Å². The molecule has 1 aliphatic carbocycles. The molecule has 3 aromatic carbocycles. The molecule has 222 valence electrons. The van der Waals surface area contributed by atoms with E-state index in [1.165, 1.54) is 17.0 Å². The van der Waals surface area contributed by atoms with Crippen molar-refractivity contribution < 1.29 is 27.1 Å². The number of sulfonamides is 1. The summed E-state index contributed by atoms with van der Waals surface area (Å²) in [5.74, 6) is -0.958. The van der Waals surface area contributed by atoms with Crippen LogP contribution < -0.4 is 10.0 Å².